The monoisotopic (exact) mass is 377 g/mol. The van der Waals surface area contributed by atoms with Gasteiger partial charge in [0.25, 0.3) is 5.56 Å². The van der Waals surface area contributed by atoms with Gasteiger partial charge in [0, 0.05) is 44.0 Å². The summed E-state index contributed by atoms with van der Waals surface area (Å²) in [7, 11) is 1.63. The zero-order valence-corrected chi connectivity index (χ0v) is 15.9. The molecule has 1 aliphatic rings. The molecule has 144 valence electrons. The van der Waals surface area contributed by atoms with Gasteiger partial charge in [0.05, 0.1) is 19.5 Å². The van der Waals surface area contributed by atoms with Crippen molar-refractivity contribution < 1.29 is 4.74 Å². The summed E-state index contributed by atoms with van der Waals surface area (Å²) in [6, 6.07) is 17.0. The van der Waals surface area contributed by atoms with E-state index in [1.165, 1.54) is 4.68 Å². The first-order chi connectivity index (χ1) is 13.7. The van der Waals surface area contributed by atoms with E-state index in [2.05, 4.69) is 19.9 Å². The molecule has 0 N–H and O–H groups in total. The number of nitrogens with zero attached hydrogens (tertiary/aromatic N) is 5. The molecule has 0 radical (unpaired) electrons. The van der Waals surface area contributed by atoms with Crippen LogP contribution in [-0.4, -0.2) is 53.0 Å². The highest BCUT2D eigenvalue weighted by atomic mass is 16.5. The molecule has 1 saturated heterocycles. The first-order valence-electron chi connectivity index (χ1n) is 9.34. The van der Waals surface area contributed by atoms with Crippen molar-refractivity contribution >= 4 is 5.82 Å². The summed E-state index contributed by atoms with van der Waals surface area (Å²) in [5.41, 5.74) is 1.49. The van der Waals surface area contributed by atoms with E-state index in [-0.39, 0.29) is 5.56 Å². The van der Waals surface area contributed by atoms with Crippen LogP contribution in [-0.2, 0) is 6.67 Å². The van der Waals surface area contributed by atoms with Crippen LogP contribution in [0.1, 0.15) is 0 Å². The molecule has 0 saturated carbocycles. The van der Waals surface area contributed by atoms with Crippen LogP contribution in [0.5, 0.6) is 5.75 Å². The molecule has 4 rings (SSSR count). The van der Waals surface area contributed by atoms with Gasteiger partial charge >= 0.3 is 0 Å². The molecular weight excluding hydrogens is 354 g/mol. The lowest BCUT2D eigenvalue weighted by atomic mass is 10.1. The van der Waals surface area contributed by atoms with E-state index in [1.807, 2.05) is 48.7 Å². The summed E-state index contributed by atoms with van der Waals surface area (Å²) >= 11 is 0. The van der Waals surface area contributed by atoms with E-state index >= 15 is 0 Å². The van der Waals surface area contributed by atoms with Crippen LogP contribution in [0.2, 0.25) is 0 Å². The minimum Gasteiger partial charge on any atom is -0.496 e. The van der Waals surface area contributed by atoms with Crippen LogP contribution in [0.15, 0.2) is 65.6 Å². The molecule has 7 heteroatoms. The lowest BCUT2D eigenvalue weighted by Crippen LogP contribution is -2.48. The topological polar surface area (TPSA) is 63.5 Å². The van der Waals surface area contributed by atoms with Gasteiger partial charge in [-0.2, -0.15) is 5.10 Å². The number of benzene rings is 1. The maximum Gasteiger partial charge on any atom is 0.268 e. The Morgan fingerprint density at radius 3 is 2.50 bits per heavy atom. The number of methoxy groups -OCH3 is 1. The van der Waals surface area contributed by atoms with Crippen LogP contribution in [0.3, 0.4) is 0 Å². The van der Waals surface area contributed by atoms with E-state index in [4.69, 9.17) is 4.74 Å². The van der Waals surface area contributed by atoms with Crippen LogP contribution in [0.4, 0.5) is 5.82 Å². The van der Waals surface area contributed by atoms with Crippen molar-refractivity contribution in [2.24, 2.45) is 0 Å². The molecule has 1 fully saturated rings. The van der Waals surface area contributed by atoms with Gasteiger partial charge in [-0.15, -0.1) is 0 Å². The summed E-state index contributed by atoms with van der Waals surface area (Å²) in [6.07, 6.45) is 1.81. The third kappa shape index (κ3) is 3.89. The Morgan fingerprint density at radius 1 is 0.964 bits per heavy atom. The largest absolute Gasteiger partial charge is 0.496 e. The quantitative estimate of drug-likeness (QED) is 0.679. The summed E-state index contributed by atoms with van der Waals surface area (Å²) in [6.45, 7) is 3.92. The number of piperazine rings is 1. The number of hydrogen-bond donors (Lipinski definition) is 0. The highest BCUT2D eigenvalue weighted by Gasteiger charge is 2.19. The molecule has 2 aromatic heterocycles. The molecule has 7 nitrogen and oxygen atoms in total. The van der Waals surface area contributed by atoms with Crippen LogP contribution in [0, 0.1) is 0 Å². The first kappa shape index (κ1) is 18.2. The van der Waals surface area contributed by atoms with Crippen molar-refractivity contribution in [2.45, 2.75) is 6.67 Å². The molecule has 3 heterocycles. The Labute approximate surface area is 163 Å². The smallest absolute Gasteiger partial charge is 0.268 e. The normalized spacial score (nSPS) is 14.8. The Bertz CT molecular complexity index is 981. The minimum absolute atomic E-state index is 0.106. The Balaban J connectivity index is 1.48. The van der Waals surface area contributed by atoms with Crippen molar-refractivity contribution in [1.82, 2.24) is 19.7 Å². The minimum atomic E-state index is -0.106. The fraction of sp³-hybridized carbons (Fsp3) is 0.286. The van der Waals surface area contributed by atoms with Gasteiger partial charge in [-0.25, -0.2) is 9.67 Å². The lowest BCUT2D eigenvalue weighted by molar-refractivity contribution is 0.191. The van der Waals surface area contributed by atoms with Gasteiger partial charge in [0.15, 0.2) is 0 Å². The molecule has 0 amide bonds. The van der Waals surface area contributed by atoms with Crippen molar-refractivity contribution in [3.05, 3.63) is 71.1 Å². The third-order valence-corrected chi connectivity index (χ3v) is 4.93. The maximum absolute atomic E-state index is 12.3. The Hall–Kier alpha value is -3.19. The third-order valence-electron chi connectivity index (χ3n) is 4.93. The van der Waals surface area contributed by atoms with Crippen LogP contribution < -0.4 is 15.2 Å². The standard InChI is InChI=1S/C21H23N5O2/c1-28-19-7-3-2-6-17(19)18-9-10-21(27)26(23-18)16-24-12-14-25(15-13-24)20-8-4-5-11-22-20/h2-11H,12-16H2,1H3. The fourth-order valence-electron chi connectivity index (χ4n) is 3.40. The Kier molecular flexibility index (Phi) is 5.34. The SMILES string of the molecule is COc1ccccc1-c1ccc(=O)n(CN2CCN(c3ccccn3)CC2)n1. The Morgan fingerprint density at radius 2 is 1.75 bits per heavy atom. The number of rotatable bonds is 5. The highest BCUT2D eigenvalue weighted by molar-refractivity contribution is 5.66. The predicted molar refractivity (Wildman–Crippen MR) is 109 cm³/mol. The van der Waals surface area contributed by atoms with Gasteiger partial charge in [0.1, 0.15) is 11.6 Å². The number of para-hydroxylation sites is 1. The first-order valence-corrected chi connectivity index (χ1v) is 9.34. The van der Waals surface area contributed by atoms with Gasteiger partial charge in [-0.05, 0) is 30.3 Å². The molecular formula is C21H23N5O2. The molecule has 1 aromatic carbocycles. The van der Waals surface area contributed by atoms with Crippen molar-refractivity contribution in [3.63, 3.8) is 0 Å². The average molecular weight is 377 g/mol. The van der Waals surface area contributed by atoms with E-state index in [0.717, 1.165) is 49.0 Å². The number of pyridine rings is 1. The number of anilines is 1. The van der Waals surface area contributed by atoms with Crippen LogP contribution in [0.25, 0.3) is 11.3 Å². The number of ether oxygens (including phenoxy) is 1. The average Bonchev–Trinajstić information content (AvgIpc) is 2.76. The summed E-state index contributed by atoms with van der Waals surface area (Å²) in [5, 5.41) is 4.58. The van der Waals surface area contributed by atoms with E-state index in [1.54, 1.807) is 19.2 Å². The number of hydrogen-bond acceptors (Lipinski definition) is 6. The zero-order valence-electron chi connectivity index (χ0n) is 15.9. The molecule has 0 bridgehead atoms. The second-order valence-corrected chi connectivity index (χ2v) is 6.69. The second kappa shape index (κ2) is 8.22. The van der Waals surface area contributed by atoms with Crippen LogP contribution >= 0.6 is 0 Å². The van der Waals surface area contributed by atoms with E-state index in [0.29, 0.717) is 6.67 Å². The molecule has 28 heavy (non-hydrogen) atoms. The van der Waals surface area contributed by atoms with Crippen molar-refractivity contribution in [1.29, 1.82) is 0 Å². The second-order valence-electron chi connectivity index (χ2n) is 6.69. The van der Waals surface area contributed by atoms with Crippen molar-refractivity contribution in [3.8, 4) is 17.0 Å². The van der Waals surface area contributed by atoms with E-state index < -0.39 is 0 Å². The molecule has 0 aliphatic carbocycles. The van der Waals surface area contributed by atoms with Gasteiger partial charge < -0.3 is 9.64 Å². The lowest BCUT2D eigenvalue weighted by Gasteiger charge is -2.35. The number of aromatic nitrogens is 3. The molecule has 0 atom stereocenters. The molecule has 3 aromatic rings. The van der Waals surface area contributed by atoms with Gasteiger partial charge in [-0.1, -0.05) is 18.2 Å². The van der Waals surface area contributed by atoms with E-state index in [9.17, 15) is 4.79 Å². The van der Waals surface area contributed by atoms with Gasteiger partial charge in [0.2, 0.25) is 0 Å². The fourth-order valence-corrected chi connectivity index (χ4v) is 3.40. The maximum atomic E-state index is 12.3. The highest BCUT2D eigenvalue weighted by Crippen LogP contribution is 2.27. The summed E-state index contributed by atoms with van der Waals surface area (Å²) in [5.74, 6) is 1.74. The predicted octanol–water partition coefficient (Wildman–Crippen LogP) is 2.09. The molecule has 0 unspecified atom stereocenters. The molecule has 0 spiro atoms. The summed E-state index contributed by atoms with van der Waals surface area (Å²) < 4.78 is 6.95. The molecule has 1 aliphatic heterocycles. The summed E-state index contributed by atoms with van der Waals surface area (Å²) in [4.78, 5) is 21.3. The van der Waals surface area contributed by atoms with Gasteiger partial charge in [-0.3, -0.25) is 9.69 Å². The van der Waals surface area contributed by atoms with Crippen molar-refractivity contribution in [2.75, 3.05) is 38.2 Å². The zero-order chi connectivity index (χ0) is 19.3.